The molecular formula is C64H102N20O13. The van der Waals surface area contributed by atoms with Gasteiger partial charge in [0.1, 0.15) is 54.1 Å². The molecule has 2 saturated heterocycles. The molecule has 4 rings (SSSR count). The minimum absolute atomic E-state index is 0.0130. The number of benzene rings is 2. The Balaban J connectivity index is 1.70. The lowest BCUT2D eigenvalue weighted by molar-refractivity contribution is -0.142. The fraction of sp³-hybridized carbons (Fsp3) is 0.594. The van der Waals surface area contributed by atoms with Crippen LogP contribution in [0.15, 0.2) is 64.6 Å². The van der Waals surface area contributed by atoms with Gasteiger partial charge in [-0.25, -0.2) is 0 Å². The van der Waals surface area contributed by atoms with Crippen molar-refractivity contribution in [3.63, 3.8) is 0 Å². The molecule has 97 heavy (non-hydrogen) atoms. The van der Waals surface area contributed by atoms with Gasteiger partial charge in [0.25, 0.3) is 11.8 Å². The summed E-state index contributed by atoms with van der Waals surface area (Å²) in [5.74, 6) is -11.5. The van der Waals surface area contributed by atoms with E-state index in [0.717, 1.165) is 0 Å². The number of nitrogens with zero attached hydrogens (tertiary/aromatic N) is 3. The summed E-state index contributed by atoms with van der Waals surface area (Å²) in [7, 11) is 0. The van der Waals surface area contributed by atoms with Gasteiger partial charge in [-0.05, 0) is 132 Å². The molecule has 0 radical (unpaired) electrons. The van der Waals surface area contributed by atoms with Gasteiger partial charge in [-0.3, -0.25) is 67.5 Å². The van der Waals surface area contributed by atoms with Crippen molar-refractivity contribution in [2.45, 2.75) is 191 Å². The monoisotopic (exact) mass is 1360 g/mol. The molecule has 33 heteroatoms. The van der Waals surface area contributed by atoms with E-state index < -0.39 is 144 Å². The summed E-state index contributed by atoms with van der Waals surface area (Å²) in [6.45, 7) is 6.65. The number of phenolic OH excluding ortho intramolecular Hbond substituents is 1. The van der Waals surface area contributed by atoms with Gasteiger partial charge in [-0.2, -0.15) is 0 Å². The number of carbonyl (C=O) groups is 12. The molecule has 2 aliphatic rings. The Hall–Kier alpha value is -9.66. The number of carbonyl (C=O) groups excluding carboxylic acids is 12. The van der Waals surface area contributed by atoms with Gasteiger partial charge in [0.05, 0.1) is 12.6 Å². The second kappa shape index (κ2) is 41.3. The Morgan fingerprint density at radius 2 is 1.26 bits per heavy atom. The Kier molecular flexibility index (Phi) is 34.0. The van der Waals surface area contributed by atoms with Crippen molar-refractivity contribution in [3.05, 3.63) is 65.7 Å². The third-order valence-corrected chi connectivity index (χ3v) is 16.5. The summed E-state index contributed by atoms with van der Waals surface area (Å²) in [6, 6.07) is 0.867. The van der Waals surface area contributed by atoms with Crippen LogP contribution in [0.2, 0.25) is 0 Å². The van der Waals surface area contributed by atoms with Gasteiger partial charge >= 0.3 is 0 Å². The van der Waals surface area contributed by atoms with E-state index in [9.17, 15) is 62.6 Å². The van der Waals surface area contributed by atoms with Crippen LogP contribution in [0.5, 0.6) is 5.75 Å². The molecule has 536 valence electrons. The number of aliphatic imine (C=N–C) groups is 2. The normalized spacial score (nSPS) is 20.1. The first-order valence-corrected chi connectivity index (χ1v) is 33.1. The number of phenols is 1. The molecule has 2 fully saturated rings. The molecule has 0 saturated carbocycles. The summed E-state index contributed by atoms with van der Waals surface area (Å²) in [5, 5.41) is 36.2. The zero-order valence-electron chi connectivity index (χ0n) is 55.9. The first-order valence-electron chi connectivity index (χ1n) is 33.1. The Morgan fingerprint density at radius 1 is 0.639 bits per heavy atom. The van der Waals surface area contributed by atoms with Crippen LogP contribution in [-0.2, 0) is 70.4 Å². The summed E-state index contributed by atoms with van der Waals surface area (Å²) < 4.78 is 0. The van der Waals surface area contributed by atoms with Gasteiger partial charge in [0, 0.05) is 32.6 Å². The minimum atomic E-state index is -1.94. The molecule has 0 spiro atoms. The molecule has 2 aromatic carbocycles. The molecule has 2 aliphatic heterocycles. The second-order valence-electron chi connectivity index (χ2n) is 24.8. The van der Waals surface area contributed by atoms with Crippen molar-refractivity contribution < 1.29 is 62.6 Å². The summed E-state index contributed by atoms with van der Waals surface area (Å²) in [6.07, 6.45) is 2.25. The van der Waals surface area contributed by atoms with E-state index in [-0.39, 0.29) is 127 Å². The molecule has 0 bridgehead atoms. The number of guanidine groups is 2. The zero-order valence-corrected chi connectivity index (χ0v) is 55.9. The average molecular weight is 1360 g/mol. The first kappa shape index (κ1) is 79.8. The van der Waals surface area contributed by atoms with Crippen LogP contribution in [0.3, 0.4) is 0 Å². The van der Waals surface area contributed by atoms with Crippen molar-refractivity contribution in [1.82, 2.24) is 58.1 Å². The van der Waals surface area contributed by atoms with Gasteiger partial charge in [0.2, 0.25) is 59.1 Å². The van der Waals surface area contributed by atoms with E-state index in [0.29, 0.717) is 43.4 Å². The number of nitrogens with two attached hydrogens (primary N) is 7. The highest BCUT2D eigenvalue weighted by atomic mass is 16.3. The molecule has 12 amide bonds. The molecule has 2 aromatic rings. The van der Waals surface area contributed by atoms with Crippen molar-refractivity contribution in [2.24, 2.45) is 62.0 Å². The molecular weight excluding hydrogens is 1260 g/mol. The molecule has 0 aliphatic carbocycles. The fourth-order valence-corrected chi connectivity index (χ4v) is 10.9. The molecule has 25 N–H and O–H groups in total. The summed E-state index contributed by atoms with van der Waals surface area (Å²) in [5.41, 5.74) is 41.1. The van der Waals surface area contributed by atoms with E-state index in [1.165, 1.54) is 29.2 Å². The van der Waals surface area contributed by atoms with Gasteiger partial charge in [-0.1, -0.05) is 76.6 Å². The maximum Gasteiger partial charge on any atom is 0.252 e. The number of hydrogen-bond acceptors (Lipinski definition) is 17. The van der Waals surface area contributed by atoms with Crippen LogP contribution in [0.1, 0.15) is 129 Å². The van der Waals surface area contributed by atoms with Crippen LogP contribution in [-0.4, -0.2) is 192 Å². The highest BCUT2D eigenvalue weighted by molar-refractivity contribution is 6.08. The van der Waals surface area contributed by atoms with Gasteiger partial charge < -0.3 is 103 Å². The van der Waals surface area contributed by atoms with Crippen LogP contribution < -0.4 is 93.3 Å². The Morgan fingerprint density at radius 3 is 1.88 bits per heavy atom. The predicted octanol–water partition coefficient (Wildman–Crippen LogP) is -4.40. The van der Waals surface area contributed by atoms with Crippen molar-refractivity contribution >= 4 is 82.8 Å². The number of likely N-dealkylation sites (tertiary alicyclic amines) is 1. The number of amides is 12. The zero-order chi connectivity index (χ0) is 71.7. The standard InChI is InChI=1S/C64H102N20O13/c1-5-37(4)50(61(96)80-45(21-14-30-74-64(70)71)62(97)84-31-15-22-48(84)58(93)77-42(52(67)87)18-9-11-27-65)82-55(90)44(20-13-29-73-63(68)69)78-54(89)43-19-10-12-28-72-59(94)51(83-53(88)41(66)33-39-23-25-40(85)26-24-39)60(95)75-35-49(86)76-47(34-38-16-7-6-8-17-38)57(92)81-46(32-36(2)3)56(91)79-43/h6-8,16-17,23-26,36-37,41-48,50-51,85H,5,9-15,18-22,27-35,65-66H2,1-4H3,(H2,67,87)(H,72,94)(H,75,95)(H,76,86)(H,77,93)(H,78,89)(H,79,91)(H,80,96)(H,81,92)(H,82,90)(H,83,88)(H4,68,69,73)(H4,70,71,74)/t37-,41-,42-,43-,44-,45-,46-,47-,48-,50-,51+/m0/s1. The van der Waals surface area contributed by atoms with Crippen molar-refractivity contribution in [1.29, 1.82) is 0 Å². The van der Waals surface area contributed by atoms with Crippen molar-refractivity contribution in [3.8, 4) is 5.75 Å². The second-order valence-corrected chi connectivity index (χ2v) is 24.8. The Bertz CT molecular complexity index is 3040. The maximum absolute atomic E-state index is 14.9. The predicted molar refractivity (Wildman–Crippen MR) is 361 cm³/mol. The Labute approximate surface area is 565 Å². The van der Waals surface area contributed by atoms with E-state index in [4.69, 9.17) is 40.1 Å². The van der Waals surface area contributed by atoms with Gasteiger partial charge in [-0.15, -0.1) is 0 Å². The third-order valence-electron chi connectivity index (χ3n) is 16.5. The molecule has 0 aromatic heterocycles. The van der Waals surface area contributed by atoms with Crippen LogP contribution in [0.4, 0.5) is 0 Å². The van der Waals surface area contributed by atoms with Crippen molar-refractivity contribution in [2.75, 3.05) is 39.3 Å². The topological polar surface area (TPSA) is 555 Å². The summed E-state index contributed by atoms with van der Waals surface area (Å²) >= 11 is 0. The van der Waals surface area contributed by atoms with Crippen LogP contribution in [0, 0.1) is 11.8 Å². The van der Waals surface area contributed by atoms with Crippen LogP contribution >= 0.6 is 0 Å². The third kappa shape index (κ3) is 27.9. The SMILES string of the molecule is CC[C@H](C)[C@H](NC(=O)[C@H](CCCN=C(N)N)NC(=O)[C@@H]1CCCCNC(=O)[C@@H](NC(=O)[C@@H](N)Cc2ccc(O)cc2)C(=O)NCC(=O)N[C@@H](Cc2ccccc2)C(=O)N[C@@H](CC(C)C)C(=O)N1)C(=O)N[C@@H](CCCN=C(N)N)C(=O)N1CCC[C@H]1C(=O)N[C@@H](CCCCN)C(N)=O. The fourth-order valence-electron chi connectivity index (χ4n) is 10.9. The number of hydrogen-bond donors (Lipinski definition) is 18. The average Bonchev–Trinajstić information content (AvgIpc) is 1.78. The van der Waals surface area contributed by atoms with E-state index in [1.807, 2.05) is 0 Å². The molecule has 33 nitrogen and oxygen atoms in total. The minimum Gasteiger partial charge on any atom is -0.508 e. The largest absolute Gasteiger partial charge is 0.508 e. The molecule has 2 heterocycles. The maximum atomic E-state index is 14.9. The number of rotatable bonds is 32. The van der Waals surface area contributed by atoms with Gasteiger partial charge in [0.15, 0.2) is 18.0 Å². The van der Waals surface area contributed by atoms with E-state index in [2.05, 4.69) is 63.2 Å². The lowest BCUT2D eigenvalue weighted by atomic mass is 9.96. The number of nitrogens with one attached hydrogen (secondary N) is 10. The summed E-state index contributed by atoms with van der Waals surface area (Å²) in [4.78, 5) is 179. The number of aromatic hydroxyl groups is 1. The lowest BCUT2D eigenvalue weighted by Crippen LogP contribution is -2.61. The molecule has 0 unspecified atom stereocenters. The molecule has 11 atom stereocenters. The number of unbranched alkanes of at least 4 members (excludes halogenated alkanes) is 1. The first-order chi connectivity index (χ1) is 46.1. The highest BCUT2D eigenvalue weighted by Crippen LogP contribution is 2.22. The van der Waals surface area contributed by atoms with E-state index >= 15 is 0 Å². The number of primary amides is 1. The smallest absolute Gasteiger partial charge is 0.252 e. The van der Waals surface area contributed by atoms with E-state index in [1.54, 1.807) is 58.0 Å². The lowest BCUT2D eigenvalue weighted by Gasteiger charge is -2.32. The quantitative estimate of drug-likeness (QED) is 0.0142. The highest BCUT2D eigenvalue weighted by Gasteiger charge is 2.41. The van der Waals surface area contributed by atoms with Crippen LogP contribution in [0.25, 0.3) is 0 Å².